The summed E-state index contributed by atoms with van der Waals surface area (Å²) in [6.45, 7) is 9.14. The second kappa shape index (κ2) is 10.5. The largest absolute Gasteiger partial charge is 0.573 e. The minimum Gasteiger partial charge on any atom is -0.456 e. The minimum atomic E-state index is -5.24. The number of esters is 1. The highest BCUT2D eigenvalue weighted by Gasteiger charge is 2.42. The van der Waals surface area contributed by atoms with Crippen LogP contribution in [0.2, 0.25) is 0 Å². The summed E-state index contributed by atoms with van der Waals surface area (Å²) in [6.07, 6.45) is -6.72. The summed E-state index contributed by atoms with van der Waals surface area (Å²) in [5.41, 5.74) is -2.84. The number of sulfonamides is 1. The van der Waals surface area contributed by atoms with Crippen LogP contribution in [-0.2, 0) is 19.5 Å². The van der Waals surface area contributed by atoms with Crippen LogP contribution in [0.4, 0.5) is 23.7 Å². The summed E-state index contributed by atoms with van der Waals surface area (Å²) in [4.78, 5) is 25.9. The lowest BCUT2D eigenvalue weighted by Crippen LogP contribution is -2.42. The molecule has 1 aromatic heterocycles. The molecule has 15 heteroatoms. The number of alkyl halides is 3. The number of hydrogen-bond donors (Lipinski definition) is 1. The van der Waals surface area contributed by atoms with Crippen LogP contribution < -0.4 is 9.04 Å². The molecule has 0 saturated carbocycles. The Morgan fingerprint density at radius 3 is 2.10 bits per heavy atom. The fourth-order valence-electron chi connectivity index (χ4n) is 3.37. The maximum Gasteiger partial charge on any atom is 0.573 e. The Labute approximate surface area is 236 Å². The Bertz CT molecular complexity index is 1520. The van der Waals surface area contributed by atoms with E-state index in [1.165, 1.54) is 26.8 Å². The number of nitrogens with one attached hydrogen (secondary N) is 1. The van der Waals surface area contributed by atoms with Gasteiger partial charge in [0, 0.05) is 5.39 Å². The molecule has 0 bridgehead atoms. The average molecular weight is 683 g/mol. The molecule has 3 rings (SSSR count). The van der Waals surface area contributed by atoms with Gasteiger partial charge in [0.2, 0.25) is 0 Å². The second-order valence-electron chi connectivity index (χ2n) is 10.1. The molecule has 0 fully saturated rings. The van der Waals surface area contributed by atoms with Crippen molar-refractivity contribution in [3.05, 3.63) is 45.7 Å². The van der Waals surface area contributed by atoms with Crippen molar-refractivity contribution in [2.24, 2.45) is 0 Å². The number of fused-ring (bicyclic) bond motifs is 1. The molecule has 0 aliphatic rings. The third-order valence-electron chi connectivity index (χ3n) is 4.64. The van der Waals surface area contributed by atoms with E-state index in [4.69, 9.17) is 9.47 Å². The molecular weight excluding hydrogens is 658 g/mol. The average Bonchev–Trinajstić information content (AvgIpc) is 3.11. The lowest BCUT2D eigenvalue weighted by molar-refractivity contribution is -0.275. The molecule has 10 nitrogen and oxygen atoms in total. The number of aromatic amines is 1. The number of nitrogens with zero attached hydrogens (tertiary/aromatic N) is 2. The van der Waals surface area contributed by atoms with E-state index in [-0.39, 0.29) is 19.0 Å². The zero-order valence-electron chi connectivity index (χ0n) is 21.6. The normalized spacial score (nSPS) is 12.8. The number of anilines is 1. The number of aromatic nitrogens is 2. The molecule has 0 aliphatic heterocycles. The smallest absolute Gasteiger partial charge is 0.456 e. The lowest BCUT2D eigenvalue weighted by Gasteiger charge is -2.29. The SMILES string of the molecule is CC(C)(C)OC(=O)c1c(N(C(=O)OC(C)(C)C)S(=O)(=O)c2ccccc2OC(F)(F)F)ccc2[nH]nc(I)c12. The first-order valence-corrected chi connectivity index (χ1v) is 13.8. The molecule has 212 valence electrons. The van der Waals surface area contributed by atoms with Gasteiger partial charge in [-0.1, -0.05) is 12.1 Å². The number of carbonyl (C=O) groups is 2. The Morgan fingerprint density at radius 2 is 1.54 bits per heavy atom. The van der Waals surface area contributed by atoms with E-state index in [2.05, 4.69) is 14.9 Å². The highest BCUT2D eigenvalue weighted by Crippen LogP contribution is 2.39. The van der Waals surface area contributed by atoms with Gasteiger partial charge in [0.1, 0.15) is 25.5 Å². The summed E-state index contributed by atoms with van der Waals surface area (Å²) in [6, 6.07) is 6.39. The first-order valence-electron chi connectivity index (χ1n) is 11.2. The van der Waals surface area contributed by atoms with Crippen molar-refractivity contribution in [3.63, 3.8) is 0 Å². The molecule has 1 N–H and O–H groups in total. The van der Waals surface area contributed by atoms with Gasteiger partial charge in [-0.05, 0) is 88.4 Å². The van der Waals surface area contributed by atoms with Gasteiger partial charge in [-0.15, -0.1) is 13.2 Å². The van der Waals surface area contributed by atoms with Gasteiger partial charge >= 0.3 is 18.4 Å². The molecule has 0 unspecified atom stereocenters. The molecule has 0 aliphatic carbocycles. The van der Waals surface area contributed by atoms with Crippen molar-refractivity contribution in [2.75, 3.05) is 4.31 Å². The van der Waals surface area contributed by atoms with Crippen LogP contribution >= 0.6 is 22.6 Å². The Hall–Kier alpha value is -3.08. The number of amides is 1. The van der Waals surface area contributed by atoms with Gasteiger partial charge in [0.05, 0.1) is 16.8 Å². The summed E-state index contributed by atoms with van der Waals surface area (Å²) < 4.78 is 82.5. The van der Waals surface area contributed by atoms with Crippen LogP contribution in [0.25, 0.3) is 10.9 Å². The van der Waals surface area contributed by atoms with Crippen molar-refractivity contribution in [2.45, 2.75) is 64.0 Å². The highest BCUT2D eigenvalue weighted by atomic mass is 127. The van der Waals surface area contributed by atoms with Crippen LogP contribution in [0.3, 0.4) is 0 Å². The first-order chi connectivity index (χ1) is 17.7. The Balaban J connectivity index is 2.39. The van der Waals surface area contributed by atoms with Crippen molar-refractivity contribution >= 4 is 61.3 Å². The molecule has 0 saturated heterocycles. The third kappa shape index (κ3) is 7.12. The van der Waals surface area contributed by atoms with E-state index in [0.29, 0.717) is 5.52 Å². The molecule has 0 atom stereocenters. The summed E-state index contributed by atoms with van der Waals surface area (Å²) in [5, 5.41) is 6.86. The zero-order valence-corrected chi connectivity index (χ0v) is 24.6. The van der Waals surface area contributed by atoms with E-state index < -0.39 is 56.0 Å². The number of hydrogen-bond acceptors (Lipinski definition) is 8. The maximum atomic E-state index is 14.0. The number of carbonyl (C=O) groups excluding carboxylic acids is 2. The van der Waals surface area contributed by atoms with Crippen molar-refractivity contribution in [1.29, 1.82) is 0 Å². The Kier molecular flexibility index (Phi) is 8.18. The van der Waals surface area contributed by atoms with Gasteiger partial charge < -0.3 is 14.2 Å². The topological polar surface area (TPSA) is 128 Å². The van der Waals surface area contributed by atoms with Crippen LogP contribution in [0.5, 0.6) is 5.75 Å². The number of para-hydroxylation sites is 1. The summed E-state index contributed by atoms with van der Waals surface area (Å²) in [7, 11) is -5.20. The van der Waals surface area contributed by atoms with Crippen LogP contribution in [0.15, 0.2) is 41.3 Å². The van der Waals surface area contributed by atoms with Crippen molar-refractivity contribution < 1.29 is 45.4 Å². The maximum absolute atomic E-state index is 14.0. The van der Waals surface area contributed by atoms with Crippen LogP contribution in [0.1, 0.15) is 51.9 Å². The monoisotopic (exact) mass is 683 g/mol. The predicted molar refractivity (Wildman–Crippen MR) is 143 cm³/mol. The summed E-state index contributed by atoms with van der Waals surface area (Å²) >= 11 is 1.80. The quantitative estimate of drug-likeness (QED) is 0.251. The first kappa shape index (κ1) is 30.5. The number of halogens is 4. The van der Waals surface area contributed by atoms with Crippen LogP contribution in [0, 0.1) is 3.70 Å². The lowest BCUT2D eigenvalue weighted by atomic mass is 10.1. The predicted octanol–water partition coefficient (Wildman–Crippen LogP) is 6.15. The molecular formula is C24H25F3IN3O7S. The standard InChI is InChI=1S/C24H25F3IN3O7S/c1-22(2,3)37-20(32)18-14(12-11-13-17(18)19(28)30-29-13)31(21(33)38-23(4,5)6)39(34,35)16-10-8-7-9-15(16)36-24(25,26)27/h7-12H,1-6H3,(H,29,30). The molecule has 0 radical (unpaired) electrons. The molecule has 1 heterocycles. The van der Waals surface area contributed by atoms with Gasteiger partial charge in [0.15, 0.2) is 0 Å². The minimum absolute atomic E-state index is 0.124. The zero-order chi connectivity index (χ0) is 29.6. The molecule has 0 spiro atoms. The van der Waals surface area contributed by atoms with E-state index in [1.807, 2.05) is 0 Å². The second-order valence-corrected chi connectivity index (χ2v) is 12.9. The summed E-state index contributed by atoms with van der Waals surface area (Å²) in [5.74, 6) is -2.10. The van der Waals surface area contributed by atoms with E-state index in [1.54, 1.807) is 43.4 Å². The third-order valence-corrected chi connectivity index (χ3v) is 7.14. The van der Waals surface area contributed by atoms with Gasteiger partial charge in [-0.2, -0.15) is 9.40 Å². The number of H-pyrrole nitrogens is 1. The Morgan fingerprint density at radius 1 is 0.949 bits per heavy atom. The molecule has 1 amide bonds. The number of rotatable bonds is 5. The highest BCUT2D eigenvalue weighted by molar-refractivity contribution is 14.1. The van der Waals surface area contributed by atoms with Gasteiger partial charge in [-0.25, -0.2) is 18.0 Å². The van der Waals surface area contributed by atoms with E-state index in [9.17, 15) is 31.2 Å². The number of benzene rings is 2. The van der Waals surface area contributed by atoms with Gasteiger partial charge in [-0.3, -0.25) is 5.10 Å². The van der Waals surface area contributed by atoms with Gasteiger partial charge in [0.25, 0.3) is 10.0 Å². The molecule has 39 heavy (non-hydrogen) atoms. The van der Waals surface area contributed by atoms with Crippen molar-refractivity contribution in [1.82, 2.24) is 10.2 Å². The molecule has 3 aromatic rings. The fourth-order valence-corrected chi connectivity index (χ4v) is 5.51. The van der Waals surface area contributed by atoms with E-state index in [0.717, 1.165) is 30.3 Å². The number of ether oxygens (including phenoxy) is 3. The fraction of sp³-hybridized carbons (Fsp3) is 0.375. The van der Waals surface area contributed by atoms with E-state index >= 15 is 0 Å². The molecule has 2 aromatic carbocycles. The van der Waals surface area contributed by atoms with Crippen molar-refractivity contribution in [3.8, 4) is 5.75 Å². The van der Waals surface area contributed by atoms with Crippen LogP contribution in [-0.4, -0.2) is 48.2 Å².